The first-order chi connectivity index (χ1) is 9.82. The number of hydrogen-bond donors (Lipinski definition) is 0. The van der Waals surface area contributed by atoms with Crippen molar-refractivity contribution in [2.75, 3.05) is 6.54 Å². The smallest absolute Gasteiger partial charge is 0.207 e. The van der Waals surface area contributed by atoms with Gasteiger partial charge in [-0.15, -0.1) is 0 Å². The van der Waals surface area contributed by atoms with Gasteiger partial charge in [0, 0.05) is 17.1 Å². The molecule has 0 atom stereocenters. The van der Waals surface area contributed by atoms with Gasteiger partial charge in [-0.3, -0.25) is 0 Å². The van der Waals surface area contributed by atoms with Crippen molar-refractivity contribution in [3.63, 3.8) is 0 Å². The minimum atomic E-state index is -3.41. The average molecular weight is 374 g/mol. The van der Waals surface area contributed by atoms with Crippen LogP contribution in [0.4, 0.5) is 0 Å². The van der Waals surface area contributed by atoms with Gasteiger partial charge in [-0.2, -0.15) is 4.31 Å². The van der Waals surface area contributed by atoms with E-state index in [1.54, 1.807) is 16.4 Å². The number of nitrogens with zero attached hydrogens (tertiary/aromatic N) is 1. The van der Waals surface area contributed by atoms with Crippen molar-refractivity contribution in [3.8, 4) is 0 Å². The van der Waals surface area contributed by atoms with Crippen LogP contribution in [0.25, 0.3) is 0 Å². The highest BCUT2D eigenvalue weighted by molar-refractivity contribution is 9.10. The second kappa shape index (κ2) is 6.80. The Labute approximate surface area is 136 Å². The highest BCUT2D eigenvalue weighted by atomic mass is 79.9. The molecule has 118 valence electrons. The number of hydrogen-bond acceptors (Lipinski definition) is 2. The molecule has 1 saturated carbocycles. The minimum Gasteiger partial charge on any atom is -0.207 e. The van der Waals surface area contributed by atoms with Crippen LogP contribution in [0.3, 0.4) is 0 Å². The number of benzene rings is 1. The van der Waals surface area contributed by atoms with E-state index in [0.29, 0.717) is 17.4 Å². The van der Waals surface area contributed by atoms with Crippen LogP contribution in [0.15, 0.2) is 27.6 Å². The maximum atomic E-state index is 13.0. The zero-order valence-electron chi connectivity index (χ0n) is 13.0. The fourth-order valence-electron chi connectivity index (χ4n) is 2.91. The van der Waals surface area contributed by atoms with E-state index in [1.165, 1.54) is 0 Å². The molecular weight excluding hydrogens is 350 g/mol. The van der Waals surface area contributed by atoms with Crippen molar-refractivity contribution in [2.24, 2.45) is 5.92 Å². The predicted octanol–water partition coefficient (Wildman–Crippen LogP) is 4.35. The molecule has 21 heavy (non-hydrogen) atoms. The summed E-state index contributed by atoms with van der Waals surface area (Å²) in [5.41, 5.74) is 0.951. The monoisotopic (exact) mass is 373 g/mol. The van der Waals surface area contributed by atoms with Gasteiger partial charge in [-0.1, -0.05) is 42.6 Å². The van der Waals surface area contributed by atoms with Crippen molar-refractivity contribution in [1.29, 1.82) is 0 Å². The summed E-state index contributed by atoms with van der Waals surface area (Å²) in [6, 6.07) is 5.46. The quantitative estimate of drug-likeness (QED) is 0.769. The van der Waals surface area contributed by atoms with Gasteiger partial charge >= 0.3 is 0 Å². The van der Waals surface area contributed by atoms with Crippen molar-refractivity contribution in [2.45, 2.75) is 57.4 Å². The van der Waals surface area contributed by atoms with Crippen LogP contribution < -0.4 is 0 Å². The number of halogens is 1. The Kier molecular flexibility index (Phi) is 5.49. The number of aryl methyl sites for hydroxylation is 1. The van der Waals surface area contributed by atoms with E-state index in [9.17, 15) is 8.42 Å². The molecule has 0 aliphatic heterocycles. The molecule has 5 heteroatoms. The van der Waals surface area contributed by atoms with Crippen LogP contribution in [0.1, 0.15) is 45.1 Å². The molecule has 1 aliphatic rings. The molecule has 0 N–H and O–H groups in total. The van der Waals surface area contributed by atoms with Gasteiger partial charge in [0.15, 0.2) is 0 Å². The van der Waals surface area contributed by atoms with Gasteiger partial charge in [0.25, 0.3) is 0 Å². The van der Waals surface area contributed by atoms with Crippen LogP contribution >= 0.6 is 15.9 Å². The molecule has 3 nitrogen and oxygen atoms in total. The SMILES string of the molecule is Cc1cc(S(=O)(=O)N(CC(C)C)C2CCCC2)ccc1Br. The predicted molar refractivity (Wildman–Crippen MR) is 89.9 cm³/mol. The van der Waals surface area contributed by atoms with E-state index in [4.69, 9.17) is 0 Å². The molecule has 1 aliphatic carbocycles. The fourth-order valence-corrected chi connectivity index (χ4v) is 5.09. The van der Waals surface area contributed by atoms with E-state index < -0.39 is 10.0 Å². The molecule has 1 fully saturated rings. The van der Waals surface area contributed by atoms with E-state index in [0.717, 1.165) is 35.7 Å². The molecule has 0 heterocycles. The highest BCUT2D eigenvalue weighted by Crippen LogP contribution is 2.30. The molecule has 0 spiro atoms. The molecule has 1 aromatic carbocycles. The Morgan fingerprint density at radius 2 is 1.90 bits per heavy atom. The van der Waals surface area contributed by atoms with Crippen molar-refractivity contribution in [3.05, 3.63) is 28.2 Å². The van der Waals surface area contributed by atoms with E-state index in [1.807, 2.05) is 13.0 Å². The Balaban J connectivity index is 2.38. The van der Waals surface area contributed by atoms with Crippen LogP contribution in [-0.2, 0) is 10.0 Å². The third-order valence-corrected chi connectivity index (χ3v) is 6.82. The van der Waals surface area contributed by atoms with Crippen LogP contribution in [-0.4, -0.2) is 25.3 Å². The van der Waals surface area contributed by atoms with Gasteiger partial charge in [0.05, 0.1) is 4.90 Å². The lowest BCUT2D eigenvalue weighted by atomic mass is 10.2. The first-order valence-electron chi connectivity index (χ1n) is 7.60. The minimum absolute atomic E-state index is 0.168. The van der Waals surface area contributed by atoms with Gasteiger partial charge < -0.3 is 0 Å². The standard InChI is InChI=1S/C16H24BrNO2S/c1-12(2)11-18(14-6-4-5-7-14)21(19,20)15-8-9-16(17)13(3)10-15/h8-10,12,14H,4-7,11H2,1-3H3. The highest BCUT2D eigenvalue weighted by Gasteiger charge is 2.33. The summed E-state index contributed by atoms with van der Waals surface area (Å²) in [4.78, 5) is 0.413. The topological polar surface area (TPSA) is 37.4 Å². The third kappa shape index (κ3) is 3.88. The van der Waals surface area contributed by atoms with Gasteiger partial charge in [0.1, 0.15) is 0 Å². The maximum Gasteiger partial charge on any atom is 0.243 e. The molecule has 1 aromatic rings. The molecule has 0 saturated heterocycles. The first kappa shape index (κ1) is 17.0. The lowest BCUT2D eigenvalue weighted by Gasteiger charge is -2.29. The van der Waals surface area contributed by atoms with Crippen LogP contribution in [0, 0.1) is 12.8 Å². The lowest BCUT2D eigenvalue weighted by Crippen LogP contribution is -2.41. The third-order valence-electron chi connectivity index (χ3n) is 4.01. The van der Waals surface area contributed by atoms with Crippen molar-refractivity contribution >= 4 is 26.0 Å². The Morgan fingerprint density at radius 3 is 2.43 bits per heavy atom. The molecule has 0 unspecified atom stereocenters. The normalized spacial score (nSPS) is 17.0. The largest absolute Gasteiger partial charge is 0.243 e. The van der Waals surface area contributed by atoms with Crippen molar-refractivity contribution in [1.82, 2.24) is 4.31 Å². The summed E-state index contributed by atoms with van der Waals surface area (Å²) >= 11 is 3.43. The van der Waals surface area contributed by atoms with Crippen LogP contribution in [0.2, 0.25) is 0 Å². The first-order valence-corrected chi connectivity index (χ1v) is 9.83. The summed E-state index contributed by atoms with van der Waals surface area (Å²) in [6.45, 7) is 6.67. The molecule has 0 amide bonds. The molecule has 2 rings (SSSR count). The summed E-state index contributed by atoms with van der Waals surface area (Å²) in [5.74, 6) is 0.330. The van der Waals surface area contributed by atoms with Crippen molar-refractivity contribution < 1.29 is 8.42 Å². The molecule has 0 radical (unpaired) electrons. The molecular formula is C16H24BrNO2S. The van der Waals surface area contributed by atoms with E-state index >= 15 is 0 Å². The number of sulfonamides is 1. The van der Waals surface area contributed by atoms with Gasteiger partial charge in [0.2, 0.25) is 10.0 Å². The Morgan fingerprint density at radius 1 is 1.29 bits per heavy atom. The van der Waals surface area contributed by atoms with Gasteiger partial charge in [-0.05, 0) is 49.4 Å². The molecule has 0 aromatic heterocycles. The van der Waals surface area contributed by atoms with Crippen LogP contribution in [0.5, 0.6) is 0 Å². The summed E-state index contributed by atoms with van der Waals surface area (Å²) in [5, 5.41) is 0. The lowest BCUT2D eigenvalue weighted by molar-refractivity contribution is 0.292. The van der Waals surface area contributed by atoms with E-state index in [-0.39, 0.29) is 6.04 Å². The van der Waals surface area contributed by atoms with Gasteiger partial charge in [-0.25, -0.2) is 8.42 Å². The Hall–Kier alpha value is -0.390. The summed E-state index contributed by atoms with van der Waals surface area (Å²) in [7, 11) is -3.41. The Bertz CT molecular complexity index is 592. The second-order valence-electron chi connectivity index (χ2n) is 6.32. The zero-order chi connectivity index (χ0) is 15.6. The average Bonchev–Trinajstić information content (AvgIpc) is 2.92. The number of rotatable bonds is 5. The summed E-state index contributed by atoms with van der Waals surface area (Å²) in [6.07, 6.45) is 4.24. The zero-order valence-corrected chi connectivity index (χ0v) is 15.4. The summed E-state index contributed by atoms with van der Waals surface area (Å²) < 4.78 is 28.7. The van der Waals surface area contributed by atoms with E-state index in [2.05, 4.69) is 29.8 Å². The maximum absolute atomic E-state index is 13.0. The molecule has 0 bridgehead atoms. The second-order valence-corrected chi connectivity index (χ2v) is 9.06. The fraction of sp³-hybridized carbons (Fsp3) is 0.625.